The zero-order valence-corrected chi connectivity index (χ0v) is 11.4. The van der Waals surface area contributed by atoms with Crippen LogP contribution < -0.4 is 11.1 Å². The third-order valence-electron chi connectivity index (χ3n) is 3.33. The van der Waals surface area contributed by atoms with Gasteiger partial charge in [-0.2, -0.15) is 0 Å². The zero-order valence-electron chi connectivity index (χ0n) is 10.7. The van der Waals surface area contributed by atoms with Crippen molar-refractivity contribution in [3.05, 3.63) is 28.8 Å². The monoisotopic (exact) mass is 270 g/mol. The van der Waals surface area contributed by atoms with Crippen LogP contribution in [0.1, 0.15) is 37.0 Å². The number of aromatic hydroxyl groups is 1. The van der Waals surface area contributed by atoms with Crippen LogP contribution >= 0.6 is 11.6 Å². The van der Waals surface area contributed by atoms with Crippen molar-refractivity contribution in [3.8, 4) is 5.75 Å². The van der Waals surface area contributed by atoms with Gasteiger partial charge in [-0.15, -0.1) is 0 Å². The van der Waals surface area contributed by atoms with Crippen molar-refractivity contribution in [1.82, 2.24) is 5.32 Å². The molecule has 0 bridgehead atoms. The van der Waals surface area contributed by atoms with Gasteiger partial charge in [0, 0.05) is 11.6 Å². The molecule has 0 unspecified atom stereocenters. The van der Waals surface area contributed by atoms with Gasteiger partial charge in [0.05, 0.1) is 11.1 Å². The summed E-state index contributed by atoms with van der Waals surface area (Å²) in [5.41, 5.74) is 5.45. The number of amides is 1. The number of hydrogen-bond acceptors (Lipinski definition) is 3. The summed E-state index contributed by atoms with van der Waals surface area (Å²) < 4.78 is 0. The Hall–Kier alpha value is -1.26. The normalized spacial score (nSPS) is 11.3. The second-order valence-electron chi connectivity index (χ2n) is 4.31. The second-order valence-corrected chi connectivity index (χ2v) is 4.74. The van der Waals surface area contributed by atoms with Crippen LogP contribution in [0.25, 0.3) is 0 Å². The lowest BCUT2D eigenvalue weighted by atomic mass is 9.92. The van der Waals surface area contributed by atoms with Crippen molar-refractivity contribution < 1.29 is 9.90 Å². The van der Waals surface area contributed by atoms with E-state index in [1.165, 1.54) is 18.2 Å². The summed E-state index contributed by atoms with van der Waals surface area (Å²) in [7, 11) is 0. The molecular weight excluding hydrogens is 252 g/mol. The Bertz CT molecular complexity index is 423. The summed E-state index contributed by atoms with van der Waals surface area (Å²) >= 11 is 5.82. The van der Waals surface area contributed by atoms with E-state index in [2.05, 4.69) is 5.32 Å². The van der Waals surface area contributed by atoms with Crippen LogP contribution in [0.2, 0.25) is 5.02 Å². The molecule has 1 rings (SSSR count). The average Bonchev–Trinajstić information content (AvgIpc) is 2.38. The van der Waals surface area contributed by atoms with Gasteiger partial charge < -0.3 is 16.2 Å². The zero-order chi connectivity index (χ0) is 13.8. The van der Waals surface area contributed by atoms with E-state index in [9.17, 15) is 9.90 Å². The molecule has 1 aromatic rings. The third kappa shape index (κ3) is 3.15. The molecule has 1 aromatic carbocycles. The van der Waals surface area contributed by atoms with Crippen LogP contribution in [0.5, 0.6) is 5.75 Å². The van der Waals surface area contributed by atoms with E-state index in [-0.39, 0.29) is 17.2 Å². The van der Waals surface area contributed by atoms with E-state index in [4.69, 9.17) is 17.3 Å². The Balaban J connectivity index is 2.97. The Morgan fingerprint density at radius 3 is 2.56 bits per heavy atom. The molecule has 0 saturated heterocycles. The van der Waals surface area contributed by atoms with Crippen LogP contribution in [-0.4, -0.2) is 23.1 Å². The number of halogens is 1. The lowest BCUT2D eigenvalue weighted by Gasteiger charge is -2.31. The summed E-state index contributed by atoms with van der Waals surface area (Å²) in [5, 5.41) is 13.0. The minimum Gasteiger partial charge on any atom is -0.507 e. The molecule has 0 fully saturated rings. The van der Waals surface area contributed by atoms with E-state index >= 15 is 0 Å². The largest absolute Gasteiger partial charge is 0.507 e. The Morgan fingerprint density at radius 1 is 1.44 bits per heavy atom. The van der Waals surface area contributed by atoms with Gasteiger partial charge in [0.25, 0.3) is 5.91 Å². The molecular formula is C13H19ClN2O2. The summed E-state index contributed by atoms with van der Waals surface area (Å²) in [5.74, 6) is -0.445. The predicted octanol–water partition coefficient (Wildman–Crippen LogP) is 2.29. The van der Waals surface area contributed by atoms with Gasteiger partial charge in [-0.3, -0.25) is 4.79 Å². The van der Waals surface area contributed by atoms with Crippen LogP contribution in [0.3, 0.4) is 0 Å². The van der Waals surface area contributed by atoms with E-state index < -0.39 is 5.54 Å². The number of phenolic OH excluding ortho intramolecular Hbond substituents is 1. The lowest BCUT2D eigenvalue weighted by Crippen LogP contribution is -2.52. The number of carbonyl (C=O) groups is 1. The maximum atomic E-state index is 12.1. The molecule has 1 amide bonds. The number of hydrogen-bond donors (Lipinski definition) is 3. The molecule has 100 valence electrons. The van der Waals surface area contributed by atoms with Crippen molar-refractivity contribution in [2.24, 2.45) is 5.73 Å². The van der Waals surface area contributed by atoms with Gasteiger partial charge in [0.15, 0.2) is 0 Å². The number of rotatable bonds is 5. The highest BCUT2D eigenvalue weighted by Crippen LogP contribution is 2.23. The maximum absolute atomic E-state index is 12.1. The van der Waals surface area contributed by atoms with Crippen molar-refractivity contribution >= 4 is 17.5 Å². The number of nitrogens with two attached hydrogens (primary N) is 1. The number of benzene rings is 1. The van der Waals surface area contributed by atoms with E-state index in [0.29, 0.717) is 11.6 Å². The fourth-order valence-electron chi connectivity index (χ4n) is 1.76. The fraction of sp³-hybridized carbons (Fsp3) is 0.462. The van der Waals surface area contributed by atoms with E-state index in [1.807, 2.05) is 13.8 Å². The standard InChI is InChI=1S/C13H19ClN2O2/c1-3-13(4-2,8-15)16-12(18)10-7-9(14)5-6-11(10)17/h5-7,17H,3-4,8,15H2,1-2H3,(H,16,18). The fourth-order valence-corrected chi connectivity index (χ4v) is 1.94. The predicted molar refractivity (Wildman–Crippen MR) is 73.0 cm³/mol. The first kappa shape index (κ1) is 14.8. The Kier molecular flexibility index (Phi) is 4.99. The molecule has 4 N–H and O–H groups in total. The topological polar surface area (TPSA) is 75.3 Å². The molecule has 0 saturated carbocycles. The highest BCUT2D eigenvalue weighted by molar-refractivity contribution is 6.31. The number of phenols is 1. The van der Waals surface area contributed by atoms with Crippen LogP contribution in [0.15, 0.2) is 18.2 Å². The summed E-state index contributed by atoms with van der Waals surface area (Å²) in [4.78, 5) is 12.1. The van der Waals surface area contributed by atoms with Crippen LogP contribution in [0.4, 0.5) is 0 Å². The molecule has 0 atom stereocenters. The molecule has 0 aliphatic rings. The van der Waals surface area contributed by atoms with E-state index in [0.717, 1.165) is 12.8 Å². The summed E-state index contributed by atoms with van der Waals surface area (Å²) in [6.07, 6.45) is 1.46. The highest BCUT2D eigenvalue weighted by Gasteiger charge is 2.27. The molecule has 18 heavy (non-hydrogen) atoms. The summed E-state index contributed by atoms with van der Waals surface area (Å²) in [6, 6.07) is 4.38. The minimum absolute atomic E-state index is 0.0879. The van der Waals surface area contributed by atoms with Crippen LogP contribution in [-0.2, 0) is 0 Å². The molecule has 0 heterocycles. The number of carbonyl (C=O) groups excluding carboxylic acids is 1. The smallest absolute Gasteiger partial charge is 0.255 e. The second kappa shape index (κ2) is 6.07. The molecule has 0 aliphatic carbocycles. The lowest BCUT2D eigenvalue weighted by molar-refractivity contribution is 0.0892. The molecule has 0 aromatic heterocycles. The first-order valence-corrected chi connectivity index (χ1v) is 6.37. The molecule has 0 radical (unpaired) electrons. The molecule has 0 aliphatic heterocycles. The summed E-state index contributed by atoms with van der Waals surface area (Å²) in [6.45, 7) is 4.29. The third-order valence-corrected chi connectivity index (χ3v) is 3.56. The highest BCUT2D eigenvalue weighted by atomic mass is 35.5. The maximum Gasteiger partial charge on any atom is 0.255 e. The average molecular weight is 271 g/mol. The van der Waals surface area contributed by atoms with Gasteiger partial charge in [-0.25, -0.2) is 0 Å². The van der Waals surface area contributed by atoms with Crippen molar-refractivity contribution in [3.63, 3.8) is 0 Å². The first-order valence-electron chi connectivity index (χ1n) is 5.99. The van der Waals surface area contributed by atoms with Gasteiger partial charge in [-0.1, -0.05) is 25.4 Å². The van der Waals surface area contributed by atoms with Crippen LogP contribution in [0, 0.1) is 0 Å². The van der Waals surface area contributed by atoms with Gasteiger partial charge in [0.2, 0.25) is 0 Å². The van der Waals surface area contributed by atoms with Gasteiger partial charge in [0.1, 0.15) is 5.75 Å². The van der Waals surface area contributed by atoms with Gasteiger partial charge in [-0.05, 0) is 31.0 Å². The van der Waals surface area contributed by atoms with Gasteiger partial charge >= 0.3 is 0 Å². The number of nitrogens with one attached hydrogen (secondary N) is 1. The SMILES string of the molecule is CCC(CC)(CN)NC(=O)c1cc(Cl)ccc1O. The Morgan fingerprint density at radius 2 is 2.06 bits per heavy atom. The quantitative estimate of drug-likeness (QED) is 0.768. The first-order chi connectivity index (χ1) is 8.48. The molecule has 4 nitrogen and oxygen atoms in total. The minimum atomic E-state index is -0.439. The Labute approximate surface area is 112 Å². The molecule has 5 heteroatoms. The van der Waals surface area contributed by atoms with Crippen molar-refractivity contribution in [2.75, 3.05) is 6.54 Å². The van der Waals surface area contributed by atoms with E-state index in [1.54, 1.807) is 0 Å². The van der Waals surface area contributed by atoms with Crippen molar-refractivity contribution in [1.29, 1.82) is 0 Å². The molecule has 0 spiro atoms. The van der Waals surface area contributed by atoms with Crippen molar-refractivity contribution in [2.45, 2.75) is 32.2 Å².